The molecule has 0 radical (unpaired) electrons. The number of esters is 1. The van der Waals surface area contributed by atoms with Crippen molar-refractivity contribution in [3.63, 3.8) is 0 Å². The van der Waals surface area contributed by atoms with Crippen LogP contribution >= 0.6 is 0 Å². The predicted molar refractivity (Wildman–Crippen MR) is 63.4 cm³/mol. The Balaban J connectivity index is 1.80. The molecule has 2 nitrogen and oxygen atoms in total. The van der Waals surface area contributed by atoms with Gasteiger partial charge in [-0.25, -0.2) is 0 Å². The van der Waals surface area contributed by atoms with E-state index in [0.29, 0.717) is 11.8 Å². The molecule has 3 aliphatic carbocycles. The highest BCUT2D eigenvalue weighted by Crippen LogP contribution is 2.97. The molecule has 1 aromatic rings. The maximum absolute atomic E-state index is 12.1. The monoisotopic (exact) mass is 228 g/mol. The van der Waals surface area contributed by atoms with Gasteiger partial charge in [0.15, 0.2) is 0 Å². The van der Waals surface area contributed by atoms with E-state index in [4.69, 9.17) is 4.74 Å². The fraction of sp³-hybridized carbons (Fsp3) is 0.533. The minimum absolute atomic E-state index is 0.0380. The van der Waals surface area contributed by atoms with E-state index < -0.39 is 0 Å². The first-order valence-electron chi connectivity index (χ1n) is 6.45. The van der Waals surface area contributed by atoms with Crippen LogP contribution in [0.25, 0.3) is 0 Å². The Hall–Kier alpha value is -1.31. The molecule has 0 N–H and O–H groups in total. The first-order chi connectivity index (χ1) is 8.31. The molecule has 88 valence electrons. The highest BCUT2D eigenvalue weighted by molar-refractivity contribution is 5.93. The lowest BCUT2D eigenvalue weighted by Crippen LogP contribution is -2.26. The molecule has 0 heterocycles. The summed E-state index contributed by atoms with van der Waals surface area (Å²) in [5.41, 5.74) is 1.40. The van der Waals surface area contributed by atoms with Crippen molar-refractivity contribution in [2.45, 2.75) is 24.7 Å². The molecule has 17 heavy (non-hydrogen) atoms. The number of carbonyl (C=O) groups excluding carboxylic acids is 1. The van der Waals surface area contributed by atoms with Crippen molar-refractivity contribution in [2.24, 2.45) is 17.3 Å². The van der Waals surface area contributed by atoms with Gasteiger partial charge in [0.05, 0.1) is 12.5 Å². The third kappa shape index (κ3) is 0.763. The Kier molecular flexibility index (Phi) is 1.56. The van der Waals surface area contributed by atoms with E-state index in [0.717, 1.165) is 0 Å². The second-order valence-electron chi connectivity index (χ2n) is 5.63. The summed E-state index contributed by atoms with van der Waals surface area (Å²) in [6, 6.07) is 10.6. The van der Waals surface area contributed by atoms with Crippen LogP contribution in [0.4, 0.5) is 0 Å². The van der Waals surface area contributed by atoms with Crippen molar-refractivity contribution in [1.82, 2.24) is 0 Å². The molecular weight excluding hydrogens is 212 g/mol. The van der Waals surface area contributed by atoms with Gasteiger partial charge in [-0.3, -0.25) is 4.79 Å². The van der Waals surface area contributed by atoms with Crippen molar-refractivity contribution in [3.05, 3.63) is 35.9 Å². The number of rotatable bonds is 2. The molecule has 3 fully saturated rings. The van der Waals surface area contributed by atoms with E-state index >= 15 is 0 Å². The summed E-state index contributed by atoms with van der Waals surface area (Å²) < 4.78 is 5.06. The van der Waals surface area contributed by atoms with Gasteiger partial charge in [0, 0.05) is 5.41 Å². The number of hydrogen-bond acceptors (Lipinski definition) is 2. The van der Waals surface area contributed by atoms with Crippen LogP contribution in [0.15, 0.2) is 30.3 Å². The van der Waals surface area contributed by atoms with Gasteiger partial charge in [-0.15, -0.1) is 0 Å². The van der Waals surface area contributed by atoms with Crippen molar-refractivity contribution in [2.75, 3.05) is 7.11 Å². The zero-order valence-corrected chi connectivity index (χ0v) is 9.98. The molecule has 0 spiro atoms. The lowest BCUT2D eigenvalue weighted by Gasteiger charge is -2.27. The van der Waals surface area contributed by atoms with E-state index in [1.54, 1.807) is 0 Å². The summed E-state index contributed by atoms with van der Waals surface area (Å²) in [6.45, 7) is 0. The zero-order chi connectivity index (χ0) is 11.7. The van der Waals surface area contributed by atoms with E-state index in [9.17, 15) is 4.79 Å². The molecule has 3 aliphatic rings. The minimum Gasteiger partial charge on any atom is -0.469 e. The Morgan fingerprint density at radius 3 is 2.47 bits per heavy atom. The van der Waals surface area contributed by atoms with Gasteiger partial charge in [0.1, 0.15) is 0 Å². The standard InChI is InChI=1S/C15H16O2/c1-17-13(16)15-11-8-5-9-12(15)14(11,15)10-6-3-2-4-7-10/h2-4,6-7,11-12H,5,8-9H2,1H3/t11-,12+,14?,15?. The molecule has 4 atom stereocenters. The van der Waals surface area contributed by atoms with Gasteiger partial charge < -0.3 is 4.74 Å². The largest absolute Gasteiger partial charge is 0.469 e. The average molecular weight is 228 g/mol. The van der Waals surface area contributed by atoms with Crippen molar-refractivity contribution < 1.29 is 9.53 Å². The highest BCUT2D eigenvalue weighted by atomic mass is 16.5. The van der Waals surface area contributed by atoms with Crippen LogP contribution in [0, 0.1) is 17.3 Å². The minimum atomic E-state index is -0.124. The number of fused-ring (bicyclic) bond motifs is 2. The van der Waals surface area contributed by atoms with Crippen molar-refractivity contribution >= 4 is 5.97 Å². The fourth-order valence-electron chi connectivity index (χ4n) is 5.01. The summed E-state index contributed by atoms with van der Waals surface area (Å²) in [7, 11) is 1.53. The number of ether oxygens (including phenoxy) is 1. The number of benzene rings is 1. The van der Waals surface area contributed by atoms with Crippen LogP contribution in [0.5, 0.6) is 0 Å². The van der Waals surface area contributed by atoms with Gasteiger partial charge in [-0.2, -0.15) is 0 Å². The van der Waals surface area contributed by atoms with Gasteiger partial charge in [0.25, 0.3) is 0 Å². The molecule has 0 aliphatic heterocycles. The number of methoxy groups -OCH3 is 1. The normalized spacial score (nSPS) is 44.8. The maximum Gasteiger partial charge on any atom is 0.313 e. The smallest absolute Gasteiger partial charge is 0.313 e. The Morgan fingerprint density at radius 2 is 1.88 bits per heavy atom. The van der Waals surface area contributed by atoms with Crippen molar-refractivity contribution in [1.29, 1.82) is 0 Å². The van der Waals surface area contributed by atoms with Crippen LogP contribution in [0.1, 0.15) is 24.8 Å². The molecule has 2 unspecified atom stereocenters. The number of carbonyl (C=O) groups is 1. The SMILES string of the molecule is COC(=O)C12[C@H]3CCC[C@@H]1C32c1ccccc1. The van der Waals surface area contributed by atoms with E-state index in [2.05, 4.69) is 24.3 Å². The molecule has 4 rings (SSSR count). The lowest BCUT2D eigenvalue weighted by atomic mass is 9.77. The van der Waals surface area contributed by atoms with Crippen LogP contribution in [-0.2, 0) is 14.9 Å². The molecule has 1 aromatic carbocycles. The summed E-state index contributed by atoms with van der Waals surface area (Å²) in [4.78, 5) is 12.1. The molecule has 0 saturated heterocycles. The van der Waals surface area contributed by atoms with Gasteiger partial charge in [0.2, 0.25) is 0 Å². The van der Waals surface area contributed by atoms with Crippen LogP contribution in [-0.4, -0.2) is 13.1 Å². The molecule has 3 saturated carbocycles. The van der Waals surface area contributed by atoms with E-state index in [1.807, 2.05) is 6.07 Å². The summed E-state index contributed by atoms with van der Waals surface area (Å²) in [5.74, 6) is 1.16. The van der Waals surface area contributed by atoms with Gasteiger partial charge in [-0.05, 0) is 30.2 Å². The molecular formula is C15H16O2. The third-order valence-electron chi connectivity index (χ3n) is 5.48. The summed E-state index contributed by atoms with van der Waals surface area (Å²) >= 11 is 0. The lowest BCUT2D eigenvalue weighted by molar-refractivity contribution is -0.146. The van der Waals surface area contributed by atoms with Crippen LogP contribution in [0.2, 0.25) is 0 Å². The summed E-state index contributed by atoms with van der Waals surface area (Å²) in [6.07, 6.45) is 3.67. The first-order valence-corrected chi connectivity index (χ1v) is 6.45. The molecule has 0 aromatic heterocycles. The van der Waals surface area contributed by atoms with E-state index in [-0.39, 0.29) is 16.8 Å². The fourth-order valence-corrected chi connectivity index (χ4v) is 5.01. The molecule has 0 bridgehead atoms. The van der Waals surface area contributed by atoms with Gasteiger partial charge >= 0.3 is 5.97 Å². The van der Waals surface area contributed by atoms with Crippen LogP contribution < -0.4 is 0 Å². The third-order valence-corrected chi connectivity index (χ3v) is 5.48. The Labute approximate surface area is 101 Å². The topological polar surface area (TPSA) is 26.3 Å². The summed E-state index contributed by atoms with van der Waals surface area (Å²) in [5, 5.41) is 0. The second kappa shape index (κ2) is 2.74. The average Bonchev–Trinajstić information content (AvgIpc) is 3.26. The zero-order valence-electron chi connectivity index (χ0n) is 9.98. The Bertz CT molecular complexity index is 479. The van der Waals surface area contributed by atoms with Gasteiger partial charge in [-0.1, -0.05) is 36.8 Å². The highest BCUT2D eigenvalue weighted by Gasteiger charge is 3.01. The quantitative estimate of drug-likeness (QED) is 0.727. The number of hydrogen-bond donors (Lipinski definition) is 0. The Morgan fingerprint density at radius 1 is 1.24 bits per heavy atom. The van der Waals surface area contributed by atoms with Crippen LogP contribution in [0.3, 0.4) is 0 Å². The second-order valence-corrected chi connectivity index (χ2v) is 5.63. The molecule has 0 amide bonds. The first kappa shape index (κ1) is 9.69. The predicted octanol–water partition coefficient (Wildman–Crippen LogP) is 2.53. The molecule has 2 heteroatoms. The van der Waals surface area contributed by atoms with Crippen molar-refractivity contribution in [3.8, 4) is 0 Å². The maximum atomic E-state index is 12.1. The van der Waals surface area contributed by atoms with E-state index in [1.165, 1.54) is 31.9 Å².